The van der Waals surface area contributed by atoms with E-state index in [1.165, 1.54) is 0 Å². The highest BCUT2D eigenvalue weighted by molar-refractivity contribution is 6.30. The average Bonchev–Trinajstić information content (AvgIpc) is 2.19. The Morgan fingerprint density at radius 3 is 2.19 bits per heavy atom. The van der Waals surface area contributed by atoms with Gasteiger partial charge in [-0.2, -0.15) is 0 Å². The van der Waals surface area contributed by atoms with Crippen molar-refractivity contribution < 1.29 is 19.8 Å². The van der Waals surface area contributed by atoms with Crippen molar-refractivity contribution in [3.8, 4) is 0 Å². The average molecular weight is 241 g/mol. The molecule has 0 radical (unpaired) electrons. The highest BCUT2D eigenvalue weighted by Gasteiger charge is 2.11. The molecule has 0 heterocycles. The Balaban J connectivity index is 2.71. The first-order valence-corrected chi connectivity index (χ1v) is 5.02. The fraction of sp³-hybridized carbons (Fsp3) is 0.273. The molecule has 0 unspecified atom stereocenters. The van der Waals surface area contributed by atoms with Crippen LogP contribution in [-0.4, -0.2) is 11.9 Å². The van der Waals surface area contributed by atoms with Gasteiger partial charge in [-0.3, -0.25) is 0 Å². The smallest absolute Gasteiger partial charge is 0.0452 e. The normalized spacial score (nSPS) is 12.1. The molecule has 0 bridgehead atoms. The zero-order valence-electron chi connectivity index (χ0n) is 8.31. The minimum atomic E-state index is -1.40. The standard InChI is InChI=1S/C11H11ClO4/c12-9-3-1-7(2-4-9)5-8(11(15)16)6-10(13)14/h1-4,8H,5-6H2,(H,13,14)(H,15,16)/p-2/t8-/m1/s1. The summed E-state index contributed by atoms with van der Waals surface area (Å²) in [6.07, 6.45) is -0.460. The third kappa shape index (κ3) is 3.90. The highest BCUT2D eigenvalue weighted by Crippen LogP contribution is 2.15. The van der Waals surface area contributed by atoms with Crippen LogP contribution in [0.1, 0.15) is 12.0 Å². The third-order valence-corrected chi connectivity index (χ3v) is 2.39. The van der Waals surface area contributed by atoms with Crippen molar-refractivity contribution in [3.63, 3.8) is 0 Å². The number of rotatable bonds is 5. The summed E-state index contributed by atoms with van der Waals surface area (Å²) < 4.78 is 0. The summed E-state index contributed by atoms with van der Waals surface area (Å²) in [7, 11) is 0. The number of hydrogen-bond acceptors (Lipinski definition) is 4. The molecule has 16 heavy (non-hydrogen) atoms. The third-order valence-electron chi connectivity index (χ3n) is 2.14. The second kappa shape index (κ2) is 5.51. The van der Waals surface area contributed by atoms with Gasteiger partial charge in [-0.15, -0.1) is 0 Å². The molecule has 5 heteroatoms. The first kappa shape index (κ1) is 12.5. The van der Waals surface area contributed by atoms with E-state index in [4.69, 9.17) is 11.6 Å². The number of benzene rings is 1. The van der Waals surface area contributed by atoms with Gasteiger partial charge in [-0.1, -0.05) is 23.7 Å². The van der Waals surface area contributed by atoms with Crippen LogP contribution in [0.3, 0.4) is 0 Å². The fourth-order valence-corrected chi connectivity index (χ4v) is 1.47. The van der Waals surface area contributed by atoms with Gasteiger partial charge in [-0.05, 0) is 30.5 Å². The van der Waals surface area contributed by atoms with Crippen molar-refractivity contribution in [1.82, 2.24) is 0 Å². The van der Waals surface area contributed by atoms with Crippen molar-refractivity contribution in [2.75, 3.05) is 0 Å². The molecular weight excluding hydrogens is 232 g/mol. The molecule has 1 aromatic rings. The zero-order valence-corrected chi connectivity index (χ0v) is 9.07. The van der Waals surface area contributed by atoms with Gasteiger partial charge < -0.3 is 19.8 Å². The maximum absolute atomic E-state index is 10.7. The van der Waals surface area contributed by atoms with E-state index in [0.29, 0.717) is 10.6 Å². The SMILES string of the molecule is O=C([O-])C[C@@H](Cc1ccc(Cl)cc1)C(=O)[O-]. The molecule has 1 atom stereocenters. The quantitative estimate of drug-likeness (QED) is 0.688. The van der Waals surface area contributed by atoms with Crippen molar-refractivity contribution in [2.24, 2.45) is 5.92 Å². The summed E-state index contributed by atoms with van der Waals surface area (Å²) in [5.41, 5.74) is 0.694. The van der Waals surface area contributed by atoms with Crippen LogP contribution in [0.25, 0.3) is 0 Å². The molecule has 0 saturated heterocycles. The lowest BCUT2D eigenvalue weighted by molar-refractivity contribution is -0.320. The maximum atomic E-state index is 10.7. The Bertz CT molecular complexity index is 385. The first-order chi connectivity index (χ1) is 7.49. The van der Waals surface area contributed by atoms with E-state index in [-0.39, 0.29) is 6.42 Å². The minimum Gasteiger partial charge on any atom is -0.550 e. The van der Waals surface area contributed by atoms with Gasteiger partial charge in [0, 0.05) is 22.9 Å². The number of aliphatic carboxylic acids is 2. The van der Waals surface area contributed by atoms with Crippen LogP contribution in [0.5, 0.6) is 0 Å². The topological polar surface area (TPSA) is 80.3 Å². The summed E-state index contributed by atoms with van der Waals surface area (Å²) >= 11 is 5.66. The van der Waals surface area contributed by atoms with E-state index in [1.807, 2.05) is 0 Å². The number of carbonyl (C=O) groups is 2. The van der Waals surface area contributed by atoms with Gasteiger partial charge in [0.1, 0.15) is 0 Å². The van der Waals surface area contributed by atoms with Gasteiger partial charge >= 0.3 is 0 Å². The van der Waals surface area contributed by atoms with Crippen molar-refractivity contribution in [3.05, 3.63) is 34.9 Å². The molecule has 86 valence electrons. The van der Waals surface area contributed by atoms with E-state index >= 15 is 0 Å². The van der Waals surface area contributed by atoms with E-state index in [2.05, 4.69) is 0 Å². The second-order valence-electron chi connectivity index (χ2n) is 3.42. The highest BCUT2D eigenvalue weighted by atomic mass is 35.5. The van der Waals surface area contributed by atoms with Crippen LogP contribution in [0.15, 0.2) is 24.3 Å². The number of carboxylic acids is 2. The first-order valence-electron chi connectivity index (χ1n) is 4.64. The van der Waals surface area contributed by atoms with Crippen molar-refractivity contribution in [1.29, 1.82) is 0 Å². The molecule has 0 N–H and O–H groups in total. The summed E-state index contributed by atoms with van der Waals surface area (Å²) in [5.74, 6) is -3.87. The van der Waals surface area contributed by atoms with E-state index in [0.717, 1.165) is 0 Å². The fourth-order valence-electron chi connectivity index (χ4n) is 1.35. The molecule has 0 amide bonds. The zero-order chi connectivity index (χ0) is 12.1. The summed E-state index contributed by atoms with van der Waals surface area (Å²) in [4.78, 5) is 21.0. The number of halogens is 1. The Morgan fingerprint density at radius 2 is 1.75 bits per heavy atom. The molecule has 0 fully saturated rings. The Morgan fingerprint density at radius 1 is 1.19 bits per heavy atom. The summed E-state index contributed by atoms with van der Waals surface area (Å²) in [6, 6.07) is 6.52. The molecule has 0 spiro atoms. The van der Waals surface area contributed by atoms with Crippen LogP contribution in [0, 0.1) is 5.92 Å². The van der Waals surface area contributed by atoms with E-state index in [1.54, 1.807) is 24.3 Å². The second-order valence-corrected chi connectivity index (χ2v) is 3.86. The molecule has 0 aliphatic heterocycles. The van der Waals surface area contributed by atoms with Crippen LogP contribution < -0.4 is 10.2 Å². The van der Waals surface area contributed by atoms with Crippen LogP contribution in [0.2, 0.25) is 5.02 Å². The predicted molar refractivity (Wildman–Crippen MR) is 53.3 cm³/mol. The van der Waals surface area contributed by atoms with Gasteiger partial charge in [0.25, 0.3) is 0 Å². The summed E-state index contributed by atoms with van der Waals surface area (Å²) in [5, 5.41) is 21.5. The lowest BCUT2D eigenvalue weighted by Crippen LogP contribution is -2.37. The lowest BCUT2D eigenvalue weighted by atomic mass is 9.96. The van der Waals surface area contributed by atoms with Crippen molar-refractivity contribution in [2.45, 2.75) is 12.8 Å². The number of hydrogen-bond donors (Lipinski definition) is 0. The lowest BCUT2D eigenvalue weighted by Gasteiger charge is -2.18. The van der Waals surface area contributed by atoms with Gasteiger partial charge in [0.2, 0.25) is 0 Å². The van der Waals surface area contributed by atoms with E-state index < -0.39 is 24.3 Å². The maximum Gasteiger partial charge on any atom is 0.0452 e. The van der Waals surface area contributed by atoms with Gasteiger partial charge in [-0.25, -0.2) is 0 Å². The Kier molecular flexibility index (Phi) is 4.31. The molecule has 0 aliphatic rings. The number of carboxylic acid groups (broad SMARTS) is 2. The monoisotopic (exact) mass is 240 g/mol. The molecule has 0 aliphatic carbocycles. The largest absolute Gasteiger partial charge is 0.550 e. The van der Waals surface area contributed by atoms with Crippen LogP contribution in [-0.2, 0) is 16.0 Å². The molecule has 0 aromatic heterocycles. The van der Waals surface area contributed by atoms with Crippen molar-refractivity contribution >= 4 is 23.5 Å². The molecule has 1 rings (SSSR count). The predicted octanol–water partition coefficient (Wildman–Crippen LogP) is -0.611. The van der Waals surface area contributed by atoms with Crippen LogP contribution in [0.4, 0.5) is 0 Å². The van der Waals surface area contributed by atoms with Gasteiger partial charge in [0.05, 0.1) is 0 Å². The Hall–Kier alpha value is -1.55. The number of carbonyl (C=O) groups excluding carboxylic acids is 2. The van der Waals surface area contributed by atoms with E-state index in [9.17, 15) is 19.8 Å². The molecule has 1 aromatic carbocycles. The van der Waals surface area contributed by atoms with Crippen LogP contribution >= 0.6 is 11.6 Å². The summed E-state index contributed by atoms with van der Waals surface area (Å²) in [6.45, 7) is 0. The molecule has 4 nitrogen and oxygen atoms in total. The molecule has 0 saturated carbocycles. The minimum absolute atomic E-state index is 0.0908. The Labute approximate surface area is 97.5 Å². The molecular formula is C11H9ClO4-2. The van der Waals surface area contributed by atoms with Gasteiger partial charge in [0.15, 0.2) is 0 Å².